The quantitative estimate of drug-likeness (QED) is 0.635. The van der Waals surface area contributed by atoms with Gasteiger partial charge in [-0.2, -0.15) is 15.5 Å². The van der Waals surface area contributed by atoms with Crippen molar-refractivity contribution in [3.05, 3.63) is 40.6 Å². The summed E-state index contributed by atoms with van der Waals surface area (Å²) in [6.45, 7) is 1.76. The van der Waals surface area contributed by atoms with Gasteiger partial charge >= 0.3 is 0 Å². The normalized spacial score (nSPS) is 21.0. The van der Waals surface area contributed by atoms with Gasteiger partial charge in [0.1, 0.15) is 17.5 Å². The Morgan fingerprint density at radius 1 is 1.40 bits per heavy atom. The van der Waals surface area contributed by atoms with Crippen LogP contribution in [0.1, 0.15) is 38.2 Å². The molecule has 1 N–H and O–H groups in total. The van der Waals surface area contributed by atoms with E-state index >= 15 is 0 Å². The van der Waals surface area contributed by atoms with E-state index in [0.717, 1.165) is 25.7 Å². The lowest BCUT2D eigenvalue weighted by Crippen LogP contribution is -2.40. The number of nitrogens with zero attached hydrogens (tertiary/aromatic N) is 3. The highest BCUT2D eigenvalue weighted by Crippen LogP contribution is 2.27. The van der Waals surface area contributed by atoms with Gasteiger partial charge in [-0.25, -0.2) is 0 Å². The Balaban J connectivity index is 1.84. The molecule has 6 nitrogen and oxygen atoms in total. The summed E-state index contributed by atoms with van der Waals surface area (Å²) < 4.78 is 5.94. The van der Waals surface area contributed by atoms with Crippen molar-refractivity contribution in [3.63, 3.8) is 0 Å². The second-order valence-corrected chi connectivity index (χ2v) is 6.20. The van der Waals surface area contributed by atoms with Gasteiger partial charge in [0.2, 0.25) is 0 Å². The molecule has 0 unspecified atom stereocenters. The third-order valence-electron chi connectivity index (χ3n) is 4.09. The van der Waals surface area contributed by atoms with Gasteiger partial charge in [-0.05, 0) is 44.7 Å². The van der Waals surface area contributed by atoms with Crippen molar-refractivity contribution in [2.45, 2.75) is 44.8 Å². The van der Waals surface area contributed by atoms with E-state index < -0.39 is 0 Å². The summed E-state index contributed by atoms with van der Waals surface area (Å²) in [6.07, 6.45) is 5.06. The minimum absolute atomic E-state index is 0.0775. The SMILES string of the molecule is C/C=C(\N=NC)C(=O)NC1CCC(Oc2ccc(C#N)c(Cl)c2)CC1. The summed E-state index contributed by atoms with van der Waals surface area (Å²) in [6, 6.07) is 7.22. The van der Waals surface area contributed by atoms with E-state index in [1.807, 2.05) is 6.07 Å². The van der Waals surface area contributed by atoms with Crippen LogP contribution in [0.5, 0.6) is 5.75 Å². The maximum atomic E-state index is 12.1. The van der Waals surface area contributed by atoms with Crippen molar-refractivity contribution in [3.8, 4) is 11.8 Å². The van der Waals surface area contributed by atoms with Crippen LogP contribution in [0.2, 0.25) is 5.02 Å². The van der Waals surface area contributed by atoms with Gasteiger partial charge in [0.15, 0.2) is 0 Å². The molecule has 0 spiro atoms. The van der Waals surface area contributed by atoms with Gasteiger partial charge in [-0.1, -0.05) is 17.7 Å². The Hall–Kier alpha value is -2.39. The molecule has 1 aromatic carbocycles. The van der Waals surface area contributed by atoms with Crippen molar-refractivity contribution in [1.29, 1.82) is 5.26 Å². The molecule has 1 aliphatic carbocycles. The first-order chi connectivity index (χ1) is 12.1. The third-order valence-corrected chi connectivity index (χ3v) is 4.40. The number of azo groups is 1. The lowest BCUT2D eigenvalue weighted by molar-refractivity contribution is -0.118. The molecule has 1 saturated carbocycles. The van der Waals surface area contributed by atoms with E-state index in [9.17, 15) is 4.79 Å². The Morgan fingerprint density at radius 2 is 2.12 bits per heavy atom. The van der Waals surface area contributed by atoms with Crippen molar-refractivity contribution < 1.29 is 9.53 Å². The molecule has 0 saturated heterocycles. The zero-order chi connectivity index (χ0) is 18.2. The minimum Gasteiger partial charge on any atom is -0.490 e. The second-order valence-electron chi connectivity index (χ2n) is 5.79. The Labute approximate surface area is 152 Å². The first-order valence-electron chi connectivity index (χ1n) is 8.20. The standard InChI is InChI=1S/C18H21ClN4O2/c1-3-17(23-21-2)18(24)22-13-5-8-14(9-6-13)25-15-7-4-12(11-20)16(19)10-15/h3-4,7,10,13-14H,5-6,8-9H2,1-2H3,(H,22,24)/b17-3-,23-21?. The average Bonchev–Trinajstić information content (AvgIpc) is 2.61. The summed E-state index contributed by atoms with van der Waals surface area (Å²) in [5, 5.41) is 19.7. The lowest BCUT2D eigenvalue weighted by Gasteiger charge is -2.29. The molecular weight excluding hydrogens is 340 g/mol. The summed E-state index contributed by atoms with van der Waals surface area (Å²) in [7, 11) is 1.54. The van der Waals surface area contributed by atoms with Crippen LogP contribution in [-0.4, -0.2) is 25.1 Å². The minimum atomic E-state index is -0.198. The molecule has 1 aromatic rings. The van der Waals surface area contributed by atoms with Crippen molar-refractivity contribution >= 4 is 17.5 Å². The highest BCUT2D eigenvalue weighted by atomic mass is 35.5. The van der Waals surface area contributed by atoms with Crippen LogP contribution >= 0.6 is 11.6 Å². The summed E-state index contributed by atoms with van der Waals surface area (Å²) >= 11 is 6.02. The second kappa shape index (κ2) is 9.19. The number of nitrogens with one attached hydrogen (secondary N) is 1. The van der Waals surface area contributed by atoms with Gasteiger partial charge in [0, 0.05) is 19.2 Å². The molecule has 0 radical (unpaired) electrons. The van der Waals surface area contributed by atoms with E-state index in [-0.39, 0.29) is 18.1 Å². The highest BCUT2D eigenvalue weighted by molar-refractivity contribution is 6.31. The van der Waals surface area contributed by atoms with E-state index in [1.165, 1.54) is 7.05 Å². The van der Waals surface area contributed by atoms with Crippen molar-refractivity contribution in [2.24, 2.45) is 10.2 Å². The van der Waals surface area contributed by atoms with Crippen LogP contribution in [0.3, 0.4) is 0 Å². The van der Waals surface area contributed by atoms with E-state index in [2.05, 4.69) is 15.5 Å². The molecule has 0 aromatic heterocycles. The number of halogens is 1. The Kier molecular flexibility index (Phi) is 6.96. The van der Waals surface area contributed by atoms with Crippen molar-refractivity contribution in [2.75, 3.05) is 7.05 Å². The van der Waals surface area contributed by atoms with Crippen LogP contribution in [-0.2, 0) is 4.79 Å². The van der Waals surface area contributed by atoms with Crippen LogP contribution in [0.15, 0.2) is 40.2 Å². The number of ether oxygens (including phenoxy) is 1. The van der Waals surface area contributed by atoms with Gasteiger partial charge in [0.05, 0.1) is 16.7 Å². The number of nitriles is 1. The fourth-order valence-corrected chi connectivity index (χ4v) is 2.99. The average molecular weight is 361 g/mol. The maximum Gasteiger partial charge on any atom is 0.271 e. The van der Waals surface area contributed by atoms with E-state index in [0.29, 0.717) is 22.0 Å². The molecule has 0 atom stereocenters. The molecule has 2 rings (SSSR count). The molecular formula is C18H21ClN4O2. The Bertz CT molecular complexity index is 716. The number of amides is 1. The first-order valence-corrected chi connectivity index (χ1v) is 8.58. The number of hydrogen-bond acceptors (Lipinski definition) is 5. The van der Waals surface area contributed by atoms with Crippen LogP contribution in [0.25, 0.3) is 0 Å². The molecule has 0 bridgehead atoms. The van der Waals surface area contributed by atoms with Crippen LogP contribution in [0.4, 0.5) is 0 Å². The topological polar surface area (TPSA) is 86.8 Å². The predicted molar refractivity (Wildman–Crippen MR) is 95.5 cm³/mol. The fraction of sp³-hybridized carbons (Fsp3) is 0.444. The number of rotatable bonds is 5. The van der Waals surface area contributed by atoms with E-state index in [1.54, 1.807) is 31.2 Å². The number of carbonyl (C=O) groups is 1. The summed E-state index contributed by atoms with van der Waals surface area (Å²) in [4.78, 5) is 12.1. The largest absolute Gasteiger partial charge is 0.490 e. The molecule has 1 fully saturated rings. The van der Waals surface area contributed by atoms with Crippen LogP contribution in [0, 0.1) is 11.3 Å². The predicted octanol–water partition coefficient (Wildman–Crippen LogP) is 4.00. The molecule has 25 heavy (non-hydrogen) atoms. The van der Waals surface area contributed by atoms with Crippen LogP contribution < -0.4 is 10.1 Å². The first kappa shape index (κ1) is 18.9. The summed E-state index contributed by atoms with van der Waals surface area (Å²) in [5.74, 6) is 0.465. The number of hydrogen-bond donors (Lipinski definition) is 1. The Morgan fingerprint density at radius 3 is 2.68 bits per heavy atom. The molecule has 0 heterocycles. The number of benzene rings is 1. The monoisotopic (exact) mass is 360 g/mol. The van der Waals surface area contributed by atoms with E-state index in [4.69, 9.17) is 21.6 Å². The fourth-order valence-electron chi connectivity index (χ4n) is 2.78. The molecule has 1 amide bonds. The molecule has 132 valence electrons. The number of allylic oxidation sites excluding steroid dienone is 1. The van der Waals surface area contributed by atoms with Gasteiger partial charge in [0.25, 0.3) is 5.91 Å². The van der Waals surface area contributed by atoms with Crippen molar-refractivity contribution in [1.82, 2.24) is 5.32 Å². The number of carbonyl (C=O) groups excluding carboxylic acids is 1. The van der Waals surface area contributed by atoms with Gasteiger partial charge < -0.3 is 10.1 Å². The molecule has 0 aliphatic heterocycles. The molecule has 1 aliphatic rings. The third kappa shape index (κ3) is 5.30. The summed E-state index contributed by atoms with van der Waals surface area (Å²) in [5.41, 5.74) is 0.762. The van der Waals surface area contributed by atoms with Gasteiger partial charge in [-0.15, -0.1) is 0 Å². The zero-order valence-electron chi connectivity index (χ0n) is 14.3. The molecule has 7 heteroatoms. The highest BCUT2D eigenvalue weighted by Gasteiger charge is 2.24. The zero-order valence-corrected chi connectivity index (χ0v) is 15.1. The smallest absolute Gasteiger partial charge is 0.271 e. The van der Waals surface area contributed by atoms with Gasteiger partial charge in [-0.3, -0.25) is 4.79 Å². The maximum absolute atomic E-state index is 12.1. The lowest BCUT2D eigenvalue weighted by atomic mass is 9.93.